The first-order valence-corrected chi connectivity index (χ1v) is 7.05. The van der Waals surface area contributed by atoms with E-state index in [9.17, 15) is 9.90 Å². The van der Waals surface area contributed by atoms with E-state index in [-0.39, 0.29) is 11.6 Å². The number of nitrogens with two attached hydrogens (primary N) is 1. The first-order valence-electron chi connectivity index (χ1n) is 6.67. The molecule has 0 atom stereocenters. The van der Waals surface area contributed by atoms with Gasteiger partial charge < -0.3 is 20.2 Å². The number of nitrogen functional groups attached to an aromatic ring is 1. The van der Waals surface area contributed by atoms with Gasteiger partial charge in [-0.05, 0) is 37.1 Å². The lowest BCUT2D eigenvalue weighted by atomic mass is 10.1. The molecular formula is C15H15ClN2O3. The first kappa shape index (κ1) is 13.8. The fraction of sp³-hybridized carbons (Fsp3) is 0.267. The fourth-order valence-electron chi connectivity index (χ4n) is 2.42. The number of nitrogens with zero attached hydrogens (tertiary/aromatic N) is 1. The summed E-state index contributed by atoms with van der Waals surface area (Å²) in [5.74, 6) is -0.268. The molecule has 1 saturated carbocycles. The van der Waals surface area contributed by atoms with Crippen LogP contribution >= 0.6 is 11.6 Å². The Balaban J connectivity index is 2.04. The summed E-state index contributed by atoms with van der Waals surface area (Å²) in [5.41, 5.74) is 6.69. The molecule has 1 fully saturated rings. The maximum atomic E-state index is 11.5. The summed E-state index contributed by atoms with van der Waals surface area (Å²) >= 11 is 6.27. The molecule has 3 N–H and O–H groups in total. The third-order valence-electron chi connectivity index (χ3n) is 3.50. The summed E-state index contributed by atoms with van der Waals surface area (Å²) in [6.07, 6.45) is 3.63. The number of anilines is 2. The average Bonchev–Trinajstić information content (AvgIpc) is 3.13. The van der Waals surface area contributed by atoms with Gasteiger partial charge >= 0.3 is 5.97 Å². The van der Waals surface area contributed by atoms with Crippen molar-refractivity contribution in [1.29, 1.82) is 0 Å². The van der Waals surface area contributed by atoms with Gasteiger partial charge in [0.15, 0.2) is 0 Å². The number of halogens is 1. The van der Waals surface area contributed by atoms with Crippen LogP contribution in [0.5, 0.6) is 0 Å². The molecule has 5 nitrogen and oxygen atoms in total. The number of hydrogen-bond donors (Lipinski definition) is 2. The van der Waals surface area contributed by atoms with Crippen LogP contribution in [0.2, 0.25) is 5.02 Å². The molecule has 3 rings (SSSR count). The summed E-state index contributed by atoms with van der Waals surface area (Å²) in [6.45, 7) is 0.488. The van der Waals surface area contributed by atoms with E-state index in [1.807, 2.05) is 17.0 Å². The Morgan fingerprint density at radius 1 is 1.48 bits per heavy atom. The highest BCUT2D eigenvalue weighted by molar-refractivity contribution is 6.34. The summed E-state index contributed by atoms with van der Waals surface area (Å²) in [6, 6.07) is 6.99. The van der Waals surface area contributed by atoms with Crippen molar-refractivity contribution < 1.29 is 14.3 Å². The van der Waals surface area contributed by atoms with Gasteiger partial charge in [0, 0.05) is 11.7 Å². The zero-order valence-electron chi connectivity index (χ0n) is 11.3. The monoisotopic (exact) mass is 306 g/mol. The van der Waals surface area contributed by atoms with Gasteiger partial charge in [-0.3, -0.25) is 0 Å². The summed E-state index contributed by atoms with van der Waals surface area (Å²) < 4.78 is 5.37. The van der Waals surface area contributed by atoms with Gasteiger partial charge in [0.25, 0.3) is 0 Å². The third-order valence-corrected chi connectivity index (χ3v) is 3.79. The van der Waals surface area contributed by atoms with Crippen molar-refractivity contribution in [1.82, 2.24) is 0 Å². The molecule has 0 amide bonds. The Kier molecular flexibility index (Phi) is 3.51. The van der Waals surface area contributed by atoms with Crippen LogP contribution in [0.25, 0.3) is 0 Å². The lowest BCUT2D eigenvalue weighted by molar-refractivity contribution is 0.0697. The van der Waals surface area contributed by atoms with E-state index >= 15 is 0 Å². The van der Waals surface area contributed by atoms with Crippen molar-refractivity contribution in [2.24, 2.45) is 0 Å². The Labute approximate surface area is 126 Å². The predicted octanol–water partition coefficient (Wildman–Crippen LogP) is 3.38. The molecule has 0 unspecified atom stereocenters. The van der Waals surface area contributed by atoms with Gasteiger partial charge in [0.1, 0.15) is 5.76 Å². The van der Waals surface area contributed by atoms with Crippen molar-refractivity contribution in [3.8, 4) is 0 Å². The van der Waals surface area contributed by atoms with Gasteiger partial charge in [-0.15, -0.1) is 0 Å². The predicted molar refractivity (Wildman–Crippen MR) is 80.7 cm³/mol. The first-order chi connectivity index (χ1) is 10.1. The standard InChI is InChI=1S/C15H15ClN2O3/c16-13-7-9(17)6-12(15(19)20)14(13)18(10-3-4-10)8-11-2-1-5-21-11/h1-2,5-7,10H,3-4,8,17H2,(H,19,20). The number of carbonyl (C=O) groups is 1. The molecule has 1 aliphatic carbocycles. The molecule has 6 heteroatoms. The van der Waals surface area contributed by atoms with E-state index in [1.54, 1.807) is 12.3 Å². The van der Waals surface area contributed by atoms with Crippen molar-refractivity contribution in [2.45, 2.75) is 25.4 Å². The highest BCUT2D eigenvalue weighted by atomic mass is 35.5. The number of hydrogen-bond acceptors (Lipinski definition) is 4. The number of furan rings is 1. The van der Waals surface area contributed by atoms with Crippen LogP contribution in [0.1, 0.15) is 29.0 Å². The van der Waals surface area contributed by atoms with E-state index in [4.69, 9.17) is 21.8 Å². The Bertz CT molecular complexity index is 666. The SMILES string of the molecule is Nc1cc(Cl)c(N(Cc2ccco2)C2CC2)c(C(=O)O)c1. The zero-order chi connectivity index (χ0) is 15.0. The second-order valence-electron chi connectivity index (χ2n) is 5.14. The molecule has 0 saturated heterocycles. The molecule has 0 spiro atoms. The van der Waals surface area contributed by atoms with E-state index in [0.29, 0.717) is 22.9 Å². The minimum absolute atomic E-state index is 0.124. The molecule has 0 aliphatic heterocycles. The highest BCUT2D eigenvalue weighted by Gasteiger charge is 2.33. The molecule has 0 bridgehead atoms. The Hall–Kier alpha value is -2.14. The molecule has 21 heavy (non-hydrogen) atoms. The maximum absolute atomic E-state index is 11.5. The molecule has 2 aromatic rings. The smallest absolute Gasteiger partial charge is 0.337 e. The van der Waals surface area contributed by atoms with Crippen LogP contribution < -0.4 is 10.6 Å². The second kappa shape index (κ2) is 5.33. The van der Waals surface area contributed by atoms with Gasteiger partial charge in [-0.2, -0.15) is 0 Å². The minimum Gasteiger partial charge on any atom is -0.478 e. The van der Waals surface area contributed by atoms with Gasteiger partial charge in [-0.25, -0.2) is 4.79 Å². The topological polar surface area (TPSA) is 79.7 Å². The van der Waals surface area contributed by atoms with Gasteiger partial charge in [0.2, 0.25) is 0 Å². The Morgan fingerprint density at radius 2 is 2.24 bits per heavy atom. The zero-order valence-corrected chi connectivity index (χ0v) is 12.0. The molecule has 1 aliphatic rings. The summed E-state index contributed by atoms with van der Waals surface area (Å²) in [4.78, 5) is 13.5. The fourth-order valence-corrected chi connectivity index (χ4v) is 2.76. The number of carboxylic acid groups (broad SMARTS) is 1. The van der Waals surface area contributed by atoms with Gasteiger partial charge in [-0.1, -0.05) is 11.6 Å². The number of benzene rings is 1. The number of carboxylic acids is 1. The van der Waals surface area contributed by atoms with E-state index < -0.39 is 5.97 Å². The van der Waals surface area contributed by atoms with E-state index in [2.05, 4.69) is 0 Å². The lowest BCUT2D eigenvalue weighted by Crippen LogP contribution is -2.27. The van der Waals surface area contributed by atoms with Crippen molar-refractivity contribution in [3.63, 3.8) is 0 Å². The molecule has 1 aromatic heterocycles. The highest BCUT2D eigenvalue weighted by Crippen LogP contribution is 2.40. The average molecular weight is 307 g/mol. The summed E-state index contributed by atoms with van der Waals surface area (Å²) in [5, 5.41) is 9.78. The van der Waals surface area contributed by atoms with Crippen LogP contribution in [0.4, 0.5) is 11.4 Å². The van der Waals surface area contributed by atoms with Gasteiger partial charge in [0.05, 0.1) is 29.1 Å². The van der Waals surface area contributed by atoms with Crippen LogP contribution in [-0.4, -0.2) is 17.1 Å². The number of aromatic carboxylic acids is 1. The lowest BCUT2D eigenvalue weighted by Gasteiger charge is -2.26. The van der Waals surface area contributed by atoms with Crippen LogP contribution in [0.3, 0.4) is 0 Å². The quantitative estimate of drug-likeness (QED) is 0.828. The Morgan fingerprint density at radius 3 is 2.81 bits per heavy atom. The minimum atomic E-state index is -1.04. The molecule has 1 aromatic carbocycles. The molecule has 0 radical (unpaired) electrons. The van der Waals surface area contributed by atoms with Crippen LogP contribution in [0.15, 0.2) is 34.9 Å². The molecule has 110 valence electrons. The van der Waals surface area contributed by atoms with Crippen LogP contribution in [-0.2, 0) is 6.54 Å². The van der Waals surface area contributed by atoms with E-state index in [1.165, 1.54) is 6.07 Å². The largest absolute Gasteiger partial charge is 0.478 e. The van der Waals surface area contributed by atoms with Crippen molar-refractivity contribution >= 4 is 28.9 Å². The maximum Gasteiger partial charge on any atom is 0.337 e. The number of rotatable bonds is 5. The second-order valence-corrected chi connectivity index (χ2v) is 5.55. The molecular weight excluding hydrogens is 292 g/mol. The van der Waals surface area contributed by atoms with Crippen molar-refractivity contribution in [3.05, 3.63) is 46.9 Å². The van der Waals surface area contributed by atoms with E-state index in [0.717, 1.165) is 18.6 Å². The molecule has 1 heterocycles. The normalized spacial score (nSPS) is 14.1. The summed E-state index contributed by atoms with van der Waals surface area (Å²) in [7, 11) is 0. The van der Waals surface area contributed by atoms with Crippen molar-refractivity contribution in [2.75, 3.05) is 10.6 Å². The third kappa shape index (κ3) is 2.83. The van der Waals surface area contributed by atoms with Crippen LogP contribution in [0, 0.1) is 0 Å².